The summed E-state index contributed by atoms with van der Waals surface area (Å²) in [5, 5.41) is 9.40. The first-order chi connectivity index (χ1) is 12.3. The van der Waals surface area contributed by atoms with E-state index in [4.69, 9.17) is 0 Å². The lowest BCUT2D eigenvalue weighted by atomic mass is 10.3. The molecule has 134 valence electrons. The molecule has 7 nitrogen and oxygen atoms in total. The van der Waals surface area contributed by atoms with Crippen molar-refractivity contribution < 1.29 is 4.79 Å². The van der Waals surface area contributed by atoms with E-state index in [0.717, 1.165) is 48.6 Å². The summed E-state index contributed by atoms with van der Waals surface area (Å²) < 4.78 is 0. The van der Waals surface area contributed by atoms with Crippen LogP contribution in [0, 0.1) is 5.92 Å². The first kappa shape index (κ1) is 17.3. The Labute approximate surface area is 147 Å². The van der Waals surface area contributed by atoms with Gasteiger partial charge in [-0.2, -0.15) is 0 Å². The number of nitrogens with zero attached hydrogens (tertiary/aromatic N) is 2. The Morgan fingerprint density at radius 1 is 1.24 bits per heavy atom. The van der Waals surface area contributed by atoms with Crippen molar-refractivity contribution in [2.45, 2.75) is 26.2 Å². The summed E-state index contributed by atoms with van der Waals surface area (Å²) in [5.41, 5.74) is 2.04. The zero-order chi connectivity index (χ0) is 17.5. The Hall–Kier alpha value is -2.57. The number of carbonyl (C=O) groups is 1. The van der Waals surface area contributed by atoms with E-state index in [1.807, 2.05) is 31.2 Å². The molecule has 1 fully saturated rings. The molecule has 7 heteroatoms. The molecule has 1 heterocycles. The van der Waals surface area contributed by atoms with Gasteiger partial charge in [0.25, 0.3) is 0 Å². The number of para-hydroxylation sites is 2. The molecule has 0 bridgehead atoms. The average Bonchev–Trinajstić information content (AvgIpc) is 3.38. The molecule has 1 aliphatic carbocycles. The Balaban J connectivity index is 1.43. The number of hydrogen-bond donors (Lipinski definition) is 4. The molecule has 0 atom stereocenters. The largest absolute Gasteiger partial charge is 0.357 e. The van der Waals surface area contributed by atoms with E-state index in [1.165, 1.54) is 0 Å². The summed E-state index contributed by atoms with van der Waals surface area (Å²) in [6.45, 7) is 4.75. The Morgan fingerprint density at radius 2 is 2.04 bits per heavy atom. The number of H-pyrrole nitrogens is 1. The van der Waals surface area contributed by atoms with Crippen molar-refractivity contribution in [3.8, 4) is 0 Å². The van der Waals surface area contributed by atoms with Crippen LogP contribution in [0.25, 0.3) is 11.0 Å². The second-order valence-electron chi connectivity index (χ2n) is 6.20. The number of aliphatic imine (C=N–C) groups is 1. The maximum atomic E-state index is 11.6. The van der Waals surface area contributed by atoms with E-state index in [9.17, 15) is 4.79 Å². The van der Waals surface area contributed by atoms with E-state index < -0.39 is 0 Å². The van der Waals surface area contributed by atoms with E-state index in [2.05, 4.69) is 30.9 Å². The molecule has 0 unspecified atom stereocenters. The summed E-state index contributed by atoms with van der Waals surface area (Å²) >= 11 is 0. The highest BCUT2D eigenvalue weighted by Crippen LogP contribution is 2.28. The molecule has 1 amide bonds. The summed E-state index contributed by atoms with van der Waals surface area (Å²) in [5.74, 6) is 2.14. The monoisotopic (exact) mass is 342 g/mol. The average molecular weight is 342 g/mol. The zero-order valence-electron chi connectivity index (χ0n) is 14.6. The van der Waals surface area contributed by atoms with Gasteiger partial charge in [0.05, 0.1) is 11.0 Å². The standard InChI is InChI=1S/C18H26N6O/c1-2-19-18(22-12-11-20-17(25)13-7-8-13)21-10-9-16-23-14-5-3-4-6-15(14)24-16/h3-6,13H,2,7-12H2,1H3,(H,20,25)(H,23,24)(H2,19,21,22). The third-order valence-electron chi connectivity index (χ3n) is 4.07. The maximum absolute atomic E-state index is 11.6. The number of rotatable bonds is 8. The molecule has 0 spiro atoms. The van der Waals surface area contributed by atoms with Gasteiger partial charge in [-0.3, -0.25) is 9.79 Å². The lowest BCUT2D eigenvalue weighted by Crippen LogP contribution is -2.41. The minimum absolute atomic E-state index is 0.175. The van der Waals surface area contributed by atoms with Crippen molar-refractivity contribution in [1.29, 1.82) is 0 Å². The van der Waals surface area contributed by atoms with Crippen molar-refractivity contribution >= 4 is 22.9 Å². The van der Waals surface area contributed by atoms with Crippen LogP contribution in [0.4, 0.5) is 0 Å². The summed E-state index contributed by atoms with van der Waals surface area (Å²) in [6.07, 6.45) is 2.82. The van der Waals surface area contributed by atoms with Gasteiger partial charge in [0, 0.05) is 38.5 Å². The number of nitrogens with one attached hydrogen (secondary N) is 4. The second kappa shape index (κ2) is 8.50. The van der Waals surface area contributed by atoms with Crippen molar-refractivity contribution in [2.24, 2.45) is 10.9 Å². The second-order valence-corrected chi connectivity index (χ2v) is 6.20. The van der Waals surface area contributed by atoms with Gasteiger partial charge in [-0.25, -0.2) is 4.98 Å². The van der Waals surface area contributed by atoms with Crippen LogP contribution in [-0.2, 0) is 11.2 Å². The van der Waals surface area contributed by atoms with Crippen LogP contribution < -0.4 is 16.0 Å². The number of fused-ring (bicyclic) bond motifs is 1. The topological polar surface area (TPSA) is 94.2 Å². The minimum Gasteiger partial charge on any atom is -0.357 e. The van der Waals surface area contributed by atoms with Gasteiger partial charge in [-0.1, -0.05) is 12.1 Å². The molecule has 2 aromatic rings. The van der Waals surface area contributed by atoms with Gasteiger partial charge in [0.15, 0.2) is 5.96 Å². The summed E-state index contributed by atoms with van der Waals surface area (Å²) in [7, 11) is 0. The molecular formula is C18H26N6O. The van der Waals surface area contributed by atoms with E-state index in [1.54, 1.807) is 0 Å². The van der Waals surface area contributed by atoms with E-state index >= 15 is 0 Å². The molecule has 1 aromatic heterocycles. The number of benzene rings is 1. The highest BCUT2D eigenvalue weighted by molar-refractivity contribution is 5.81. The fourth-order valence-corrected chi connectivity index (χ4v) is 2.60. The molecule has 1 aliphatic rings. The molecule has 25 heavy (non-hydrogen) atoms. The number of hydrogen-bond acceptors (Lipinski definition) is 3. The maximum Gasteiger partial charge on any atom is 0.223 e. The smallest absolute Gasteiger partial charge is 0.223 e. The lowest BCUT2D eigenvalue weighted by Gasteiger charge is -2.11. The number of amides is 1. The Kier molecular flexibility index (Phi) is 5.87. The Bertz CT molecular complexity index is 701. The number of carbonyl (C=O) groups excluding carboxylic acids is 1. The van der Waals surface area contributed by atoms with Crippen LogP contribution in [-0.4, -0.2) is 48.0 Å². The highest BCUT2D eigenvalue weighted by atomic mass is 16.2. The molecule has 1 aromatic carbocycles. The van der Waals surface area contributed by atoms with Gasteiger partial charge in [-0.15, -0.1) is 0 Å². The van der Waals surface area contributed by atoms with Crippen molar-refractivity contribution in [3.05, 3.63) is 30.1 Å². The SMILES string of the molecule is CCNC(=NCCc1nc2ccccc2[nH]1)NCCNC(=O)C1CC1. The molecule has 1 saturated carbocycles. The van der Waals surface area contributed by atoms with E-state index in [-0.39, 0.29) is 11.8 Å². The highest BCUT2D eigenvalue weighted by Gasteiger charge is 2.28. The van der Waals surface area contributed by atoms with Crippen LogP contribution in [0.2, 0.25) is 0 Å². The number of imidazole rings is 1. The van der Waals surface area contributed by atoms with Crippen LogP contribution in [0.5, 0.6) is 0 Å². The van der Waals surface area contributed by atoms with Crippen molar-refractivity contribution in [2.75, 3.05) is 26.2 Å². The predicted molar refractivity (Wildman–Crippen MR) is 99.5 cm³/mol. The Morgan fingerprint density at radius 3 is 2.80 bits per heavy atom. The molecule has 0 radical (unpaired) electrons. The predicted octanol–water partition coefficient (Wildman–Crippen LogP) is 1.19. The van der Waals surface area contributed by atoms with Crippen LogP contribution in [0.15, 0.2) is 29.3 Å². The summed E-state index contributed by atoms with van der Waals surface area (Å²) in [6, 6.07) is 8.01. The van der Waals surface area contributed by atoms with Crippen molar-refractivity contribution in [1.82, 2.24) is 25.9 Å². The zero-order valence-corrected chi connectivity index (χ0v) is 14.6. The van der Waals surface area contributed by atoms with Crippen LogP contribution >= 0.6 is 0 Å². The fraction of sp³-hybridized carbons (Fsp3) is 0.500. The first-order valence-corrected chi connectivity index (χ1v) is 9.00. The molecule has 0 aliphatic heterocycles. The minimum atomic E-state index is 0.175. The first-order valence-electron chi connectivity index (χ1n) is 9.00. The molecule has 3 rings (SSSR count). The van der Waals surface area contributed by atoms with E-state index in [0.29, 0.717) is 19.6 Å². The third kappa shape index (κ3) is 5.20. The lowest BCUT2D eigenvalue weighted by molar-refractivity contribution is -0.122. The van der Waals surface area contributed by atoms with Gasteiger partial charge < -0.3 is 20.9 Å². The van der Waals surface area contributed by atoms with Gasteiger partial charge >= 0.3 is 0 Å². The van der Waals surface area contributed by atoms with Gasteiger partial charge in [0.2, 0.25) is 5.91 Å². The van der Waals surface area contributed by atoms with Gasteiger partial charge in [0.1, 0.15) is 5.82 Å². The third-order valence-corrected chi connectivity index (χ3v) is 4.07. The normalized spacial score (nSPS) is 14.5. The molecular weight excluding hydrogens is 316 g/mol. The molecule has 0 saturated heterocycles. The molecule has 4 N–H and O–H groups in total. The van der Waals surface area contributed by atoms with Gasteiger partial charge in [-0.05, 0) is 31.9 Å². The quantitative estimate of drug-likeness (QED) is 0.329. The van der Waals surface area contributed by atoms with Crippen LogP contribution in [0.3, 0.4) is 0 Å². The van der Waals surface area contributed by atoms with Crippen LogP contribution in [0.1, 0.15) is 25.6 Å². The number of aromatic nitrogens is 2. The summed E-state index contributed by atoms with van der Waals surface area (Å²) in [4.78, 5) is 24.0. The number of guanidine groups is 1. The number of aromatic amines is 1. The van der Waals surface area contributed by atoms with Crippen molar-refractivity contribution in [3.63, 3.8) is 0 Å². The fourth-order valence-electron chi connectivity index (χ4n) is 2.60.